The molecule has 1 aromatic heterocycles. The molecule has 5 nitrogen and oxygen atoms in total. The summed E-state index contributed by atoms with van der Waals surface area (Å²) in [6, 6.07) is 1.65. The van der Waals surface area contributed by atoms with Crippen LogP contribution in [-0.4, -0.2) is 28.8 Å². The zero-order valence-corrected chi connectivity index (χ0v) is 8.53. The summed E-state index contributed by atoms with van der Waals surface area (Å²) in [4.78, 5) is 10.9. The minimum absolute atomic E-state index is 0.278. The van der Waals surface area contributed by atoms with E-state index in [1.807, 2.05) is 23.9 Å². The van der Waals surface area contributed by atoms with E-state index in [-0.39, 0.29) is 11.9 Å². The van der Waals surface area contributed by atoms with E-state index >= 15 is 0 Å². The van der Waals surface area contributed by atoms with Gasteiger partial charge in [-0.05, 0) is 26.5 Å². The highest BCUT2D eigenvalue weighted by Crippen LogP contribution is 1.97. The average molecular weight is 196 g/mol. The van der Waals surface area contributed by atoms with Gasteiger partial charge in [0.25, 0.3) is 0 Å². The molecule has 0 radical (unpaired) electrons. The predicted molar refractivity (Wildman–Crippen MR) is 53.6 cm³/mol. The van der Waals surface area contributed by atoms with Gasteiger partial charge in [0, 0.05) is 12.7 Å². The lowest BCUT2D eigenvalue weighted by Gasteiger charge is -2.11. The van der Waals surface area contributed by atoms with Crippen molar-refractivity contribution >= 4 is 5.91 Å². The Bertz CT molecular complexity index is 308. The Balaban J connectivity index is 2.43. The molecule has 0 bridgehead atoms. The van der Waals surface area contributed by atoms with E-state index in [9.17, 15) is 4.79 Å². The van der Waals surface area contributed by atoms with Crippen LogP contribution in [-0.2, 0) is 11.3 Å². The lowest BCUT2D eigenvalue weighted by molar-refractivity contribution is -0.120. The molecule has 1 amide bonds. The van der Waals surface area contributed by atoms with Crippen molar-refractivity contribution in [2.24, 2.45) is 5.73 Å². The lowest BCUT2D eigenvalue weighted by Crippen LogP contribution is -2.39. The molecule has 1 unspecified atom stereocenters. The van der Waals surface area contributed by atoms with Crippen LogP contribution in [0.25, 0.3) is 0 Å². The van der Waals surface area contributed by atoms with Crippen LogP contribution in [0.5, 0.6) is 0 Å². The second-order valence-electron chi connectivity index (χ2n) is 3.25. The second kappa shape index (κ2) is 4.76. The molecule has 1 atom stereocenters. The number of rotatable bonds is 5. The minimum atomic E-state index is -0.323. The van der Waals surface area contributed by atoms with Crippen molar-refractivity contribution in [2.75, 3.05) is 7.05 Å². The number of amides is 1. The van der Waals surface area contributed by atoms with E-state index in [1.165, 1.54) is 0 Å². The third-order valence-electron chi connectivity index (χ3n) is 2.11. The van der Waals surface area contributed by atoms with Gasteiger partial charge in [0.15, 0.2) is 0 Å². The number of carbonyl (C=O) groups is 1. The van der Waals surface area contributed by atoms with Crippen molar-refractivity contribution in [1.82, 2.24) is 15.1 Å². The molecule has 0 saturated heterocycles. The molecule has 0 aliphatic rings. The van der Waals surface area contributed by atoms with Gasteiger partial charge >= 0.3 is 0 Å². The Morgan fingerprint density at radius 3 is 2.93 bits per heavy atom. The second-order valence-corrected chi connectivity index (χ2v) is 3.25. The third-order valence-corrected chi connectivity index (χ3v) is 2.11. The van der Waals surface area contributed by atoms with Crippen LogP contribution in [0.2, 0.25) is 0 Å². The first-order valence-electron chi connectivity index (χ1n) is 4.60. The number of hydrogen-bond donors (Lipinski definition) is 2. The normalized spacial score (nSPS) is 12.7. The van der Waals surface area contributed by atoms with Crippen molar-refractivity contribution in [3.63, 3.8) is 0 Å². The zero-order valence-electron chi connectivity index (χ0n) is 8.53. The summed E-state index contributed by atoms with van der Waals surface area (Å²) < 4.78 is 1.81. The van der Waals surface area contributed by atoms with E-state index < -0.39 is 0 Å². The Morgan fingerprint density at radius 2 is 2.50 bits per heavy atom. The zero-order chi connectivity index (χ0) is 10.6. The maximum atomic E-state index is 10.9. The number of carbonyl (C=O) groups excluding carboxylic acids is 1. The molecule has 0 fully saturated rings. The Labute approximate surface area is 83.3 Å². The number of nitrogens with zero attached hydrogens (tertiary/aromatic N) is 2. The monoisotopic (exact) mass is 196 g/mol. The van der Waals surface area contributed by atoms with Crippen LogP contribution in [0.4, 0.5) is 0 Å². The first kappa shape index (κ1) is 10.7. The molecule has 78 valence electrons. The maximum absolute atomic E-state index is 10.9. The van der Waals surface area contributed by atoms with E-state index in [1.54, 1.807) is 7.05 Å². The fourth-order valence-corrected chi connectivity index (χ4v) is 1.28. The summed E-state index contributed by atoms with van der Waals surface area (Å²) in [5.74, 6) is -0.323. The van der Waals surface area contributed by atoms with E-state index in [0.29, 0.717) is 13.0 Å². The van der Waals surface area contributed by atoms with Crippen LogP contribution in [0.3, 0.4) is 0 Å². The summed E-state index contributed by atoms with van der Waals surface area (Å²) in [6.07, 6.45) is 2.55. The van der Waals surface area contributed by atoms with Crippen molar-refractivity contribution in [2.45, 2.75) is 25.9 Å². The van der Waals surface area contributed by atoms with Crippen LogP contribution in [0, 0.1) is 6.92 Å². The van der Waals surface area contributed by atoms with Crippen molar-refractivity contribution in [3.8, 4) is 0 Å². The quantitative estimate of drug-likeness (QED) is 0.676. The third kappa shape index (κ3) is 2.85. The molecule has 0 aromatic carbocycles. The molecule has 0 saturated carbocycles. The van der Waals surface area contributed by atoms with Gasteiger partial charge in [-0.3, -0.25) is 9.48 Å². The molecule has 0 aliphatic heterocycles. The Kier molecular flexibility index (Phi) is 3.64. The van der Waals surface area contributed by atoms with Crippen molar-refractivity contribution in [3.05, 3.63) is 18.0 Å². The number of likely N-dealkylation sites (N-methyl/N-ethyl adjacent to an activating group) is 1. The highest BCUT2D eigenvalue weighted by molar-refractivity contribution is 5.79. The van der Waals surface area contributed by atoms with E-state index in [4.69, 9.17) is 5.73 Å². The van der Waals surface area contributed by atoms with Crippen LogP contribution in [0.15, 0.2) is 12.3 Å². The molecule has 1 heterocycles. The Hall–Kier alpha value is -1.36. The summed E-state index contributed by atoms with van der Waals surface area (Å²) in [5, 5.41) is 7.08. The van der Waals surface area contributed by atoms with Crippen LogP contribution < -0.4 is 11.1 Å². The van der Waals surface area contributed by atoms with Gasteiger partial charge in [-0.15, -0.1) is 0 Å². The maximum Gasteiger partial charge on any atom is 0.234 e. The van der Waals surface area contributed by atoms with E-state index in [0.717, 1.165) is 5.69 Å². The molecule has 5 heteroatoms. The molecule has 0 aliphatic carbocycles. The van der Waals surface area contributed by atoms with Gasteiger partial charge in [-0.2, -0.15) is 5.10 Å². The topological polar surface area (TPSA) is 72.9 Å². The summed E-state index contributed by atoms with van der Waals surface area (Å²) in [7, 11) is 1.73. The fourth-order valence-electron chi connectivity index (χ4n) is 1.28. The molecular weight excluding hydrogens is 180 g/mol. The SMILES string of the molecule is CNC(CCn1ccc(C)n1)C(N)=O. The summed E-state index contributed by atoms with van der Waals surface area (Å²) in [6.45, 7) is 2.63. The standard InChI is InChI=1S/C9H16N4O/c1-7-3-5-13(12-7)6-4-8(11-2)9(10)14/h3,5,8,11H,4,6H2,1-2H3,(H2,10,14). The number of aromatic nitrogens is 2. The number of hydrogen-bond acceptors (Lipinski definition) is 3. The van der Waals surface area contributed by atoms with Crippen molar-refractivity contribution in [1.29, 1.82) is 0 Å². The highest BCUT2D eigenvalue weighted by Gasteiger charge is 2.11. The number of nitrogens with one attached hydrogen (secondary N) is 1. The molecule has 14 heavy (non-hydrogen) atoms. The van der Waals surface area contributed by atoms with E-state index in [2.05, 4.69) is 10.4 Å². The minimum Gasteiger partial charge on any atom is -0.368 e. The van der Waals surface area contributed by atoms with Gasteiger partial charge in [-0.1, -0.05) is 0 Å². The van der Waals surface area contributed by atoms with Crippen LogP contribution in [0.1, 0.15) is 12.1 Å². The van der Waals surface area contributed by atoms with Gasteiger partial charge in [-0.25, -0.2) is 0 Å². The number of primary amides is 1. The average Bonchev–Trinajstić information content (AvgIpc) is 2.52. The van der Waals surface area contributed by atoms with Gasteiger partial charge in [0.2, 0.25) is 5.91 Å². The largest absolute Gasteiger partial charge is 0.368 e. The van der Waals surface area contributed by atoms with Gasteiger partial charge in [0.1, 0.15) is 0 Å². The Morgan fingerprint density at radius 1 is 1.79 bits per heavy atom. The first-order chi connectivity index (χ1) is 6.63. The van der Waals surface area contributed by atoms with Gasteiger partial charge in [0.05, 0.1) is 11.7 Å². The van der Waals surface area contributed by atoms with Crippen LogP contribution >= 0.6 is 0 Å². The fraction of sp³-hybridized carbons (Fsp3) is 0.556. The first-order valence-corrected chi connectivity index (χ1v) is 4.60. The van der Waals surface area contributed by atoms with Crippen molar-refractivity contribution < 1.29 is 4.79 Å². The lowest BCUT2D eigenvalue weighted by atomic mass is 10.2. The smallest absolute Gasteiger partial charge is 0.234 e. The molecular formula is C9H16N4O. The highest BCUT2D eigenvalue weighted by atomic mass is 16.1. The summed E-state index contributed by atoms with van der Waals surface area (Å²) in [5.41, 5.74) is 6.16. The molecule has 0 spiro atoms. The summed E-state index contributed by atoms with van der Waals surface area (Å²) >= 11 is 0. The molecule has 3 N–H and O–H groups in total. The molecule has 1 rings (SSSR count). The van der Waals surface area contributed by atoms with Gasteiger partial charge < -0.3 is 11.1 Å². The predicted octanol–water partition coefficient (Wildman–Crippen LogP) is -0.345. The number of aryl methyl sites for hydroxylation is 2. The molecule has 1 aromatic rings. The number of nitrogens with two attached hydrogens (primary N) is 1.